The largest absolute Gasteiger partial charge is 0.463 e. The summed E-state index contributed by atoms with van der Waals surface area (Å²) >= 11 is 0.967. The van der Waals surface area contributed by atoms with Crippen LogP contribution < -0.4 is 5.14 Å². The number of primary sulfonamides is 1. The summed E-state index contributed by atoms with van der Waals surface area (Å²) in [5.74, 6) is -0.426. The third-order valence-corrected chi connectivity index (χ3v) is 4.64. The number of hydrogen-bond acceptors (Lipinski definition) is 6. The third-order valence-electron chi connectivity index (χ3n) is 2.12. The zero-order valence-electron chi connectivity index (χ0n) is 11.7. The number of esters is 1. The molecule has 0 radical (unpaired) electrons. The Morgan fingerprint density at radius 2 is 1.95 bits per heavy atom. The molecule has 0 aliphatic carbocycles. The molecule has 114 valence electrons. The Morgan fingerprint density at radius 3 is 2.45 bits per heavy atom. The van der Waals surface area contributed by atoms with Gasteiger partial charge in [0, 0.05) is 4.88 Å². The van der Waals surface area contributed by atoms with Crippen molar-refractivity contribution in [1.82, 2.24) is 0 Å². The van der Waals surface area contributed by atoms with Crippen LogP contribution in [0.5, 0.6) is 0 Å². The van der Waals surface area contributed by atoms with Gasteiger partial charge in [-0.3, -0.25) is 4.79 Å². The SMILES string of the molecule is CC(C)(C)OCCOC(=O)Cc1ccc(S(N)(=O)=O)s1. The predicted octanol–water partition coefficient (Wildman–Crippen LogP) is 1.30. The van der Waals surface area contributed by atoms with Crippen molar-refractivity contribution in [2.45, 2.75) is 37.0 Å². The molecule has 0 spiro atoms. The number of ether oxygens (including phenoxy) is 2. The Bertz CT molecular complexity index is 557. The lowest BCUT2D eigenvalue weighted by Gasteiger charge is -2.19. The second-order valence-corrected chi connectivity index (χ2v) is 8.08. The van der Waals surface area contributed by atoms with Crippen LogP contribution in [0.4, 0.5) is 0 Å². The second kappa shape index (κ2) is 6.66. The van der Waals surface area contributed by atoms with Crippen molar-refractivity contribution in [3.8, 4) is 0 Å². The molecule has 0 amide bonds. The van der Waals surface area contributed by atoms with Crippen LogP contribution in [0.1, 0.15) is 25.6 Å². The lowest BCUT2D eigenvalue weighted by Crippen LogP contribution is -2.22. The molecule has 0 aliphatic rings. The maximum Gasteiger partial charge on any atom is 0.311 e. The number of nitrogens with two attached hydrogens (primary N) is 1. The highest BCUT2D eigenvalue weighted by Crippen LogP contribution is 2.20. The number of carbonyl (C=O) groups excluding carboxylic acids is 1. The van der Waals surface area contributed by atoms with E-state index >= 15 is 0 Å². The summed E-state index contributed by atoms with van der Waals surface area (Å²) in [5.41, 5.74) is -0.273. The van der Waals surface area contributed by atoms with Crippen molar-refractivity contribution in [3.05, 3.63) is 17.0 Å². The first kappa shape index (κ1) is 17.1. The van der Waals surface area contributed by atoms with E-state index in [-0.39, 0.29) is 22.8 Å². The first-order chi connectivity index (χ1) is 9.08. The highest BCUT2D eigenvalue weighted by Gasteiger charge is 2.14. The molecule has 6 nitrogen and oxygen atoms in total. The highest BCUT2D eigenvalue weighted by molar-refractivity contribution is 7.91. The van der Waals surface area contributed by atoms with Gasteiger partial charge in [-0.05, 0) is 32.9 Å². The van der Waals surface area contributed by atoms with E-state index in [0.717, 1.165) is 11.3 Å². The number of sulfonamides is 1. The standard InChI is InChI=1S/C12H19NO5S2/c1-12(2,3)18-7-6-17-10(14)8-9-4-5-11(19-9)20(13,15)16/h4-5H,6-8H2,1-3H3,(H2,13,15,16). The van der Waals surface area contributed by atoms with Crippen molar-refractivity contribution in [2.24, 2.45) is 5.14 Å². The third kappa shape index (κ3) is 6.47. The summed E-state index contributed by atoms with van der Waals surface area (Å²) in [5, 5.41) is 4.99. The van der Waals surface area contributed by atoms with Gasteiger partial charge in [-0.1, -0.05) is 0 Å². The van der Waals surface area contributed by atoms with Crippen LogP contribution in [0, 0.1) is 0 Å². The molecule has 0 aliphatic heterocycles. The number of thiophene rings is 1. The topological polar surface area (TPSA) is 95.7 Å². The highest BCUT2D eigenvalue weighted by atomic mass is 32.2. The fraction of sp³-hybridized carbons (Fsp3) is 0.583. The molecule has 1 aromatic heterocycles. The van der Waals surface area contributed by atoms with Gasteiger partial charge in [-0.2, -0.15) is 0 Å². The number of rotatable bonds is 6. The Hall–Kier alpha value is -0.960. The van der Waals surface area contributed by atoms with Crippen molar-refractivity contribution in [2.75, 3.05) is 13.2 Å². The number of carbonyl (C=O) groups is 1. The Labute approximate surface area is 122 Å². The first-order valence-electron chi connectivity index (χ1n) is 5.99. The van der Waals surface area contributed by atoms with E-state index in [2.05, 4.69) is 0 Å². The molecule has 1 rings (SSSR count). The Morgan fingerprint density at radius 1 is 1.30 bits per heavy atom. The lowest BCUT2D eigenvalue weighted by atomic mass is 10.2. The summed E-state index contributed by atoms with van der Waals surface area (Å²) in [6.45, 7) is 6.23. The monoisotopic (exact) mass is 321 g/mol. The van der Waals surface area contributed by atoms with Gasteiger partial charge in [0.15, 0.2) is 0 Å². The average molecular weight is 321 g/mol. The summed E-state index contributed by atoms with van der Waals surface area (Å²) in [6.07, 6.45) is 0.0235. The fourth-order valence-corrected chi connectivity index (χ4v) is 3.07. The van der Waals surface area contributed by atoms with Crippen molar-refractivity contribution in [3.63, 3.8) is 0 Å². The van der Waals surface area contributed by atoms with Crippen LogP contribution in [0.25, 0.3) is 0 Å². The number of hydrogen-bond donors (Lipinski definition) is 1. The van der Waals surface area contributed by atoms with Gasteiger partial charge in [0.2, 0.25) is 10.0 Å². The van der Waals surface area contributed by atoms with Crippen LogP contribution in [-0.2, 0) is 30.7 Å². The summed E-state index contributed by atoms with van der Waals surface area (Å²) in [4.78, 5) is 12.1. The van der Waals surface area contributed by atoms with Crippen LogP contribution in [0.2, 0.25) is 0 Å². The smallest absolute Gasteiger partial charge is 0.311 e. The second-order valence-electron chi connectivity index (χ2n) is 5.12. The lowest BCUT2D eigenvalue weighted by molar-refractivity contribution is -0.146. The maximum absolute atomic E-state index is 11.5. The molecule has 1 aromatic rings. The Kier molecular flexibility index (Phi) is 5.69. The van der Waals surface area contributed by atoms with Crippen LogP contribution >= 0.6 is 11.3 Å². The minimum Gasteiger partial charge on any atom is -0.463 e. The fourth-order valence-electron chi connectivity index (χ4n) is 1.30. The minimum absolute atomic E-state index is 0.0235. The van der Waals surface area contributed by atoms with Crippen molar-refractivity contribution >= 4 is 27.3 Å². The molecule has 2 N–H and O–H groups in total. The van der Waals surface area contributed by atoms with Crippen molar-refractivity contribution < 1.29 is 22.7 Å². The van der Waals surface area contributed by atoms with E-state index in [4.69, 9.17) is 14.6 Å². The van der Waals surface area contributed by atoms with E-state index in [1.54, 1.807) is 6.07 Å². The van der Waals surface area contributed by atoms with E-state index in [1.165, 1.54) is 6.07 Å². The van der Waals surface area contributed by atoms with Crippen molar-refractivity contribution in [1.29, 1.82) is 0 Å². The molecular formula is C12H19NO5S2. The van der Waals surface area contributed by atoms with Crippen LogP contribution in [0.15, 0.2) is 16.3 Å². The van der Waals surface area contributed by atoms with Gasteiger partial charge in [0.1, 0.15) is 10.8 Å². The summed E-state index contributed by atoms with van der Waals surface area (Å²) in [7, 11) is -3.71. The van der Waals surface area contributed by atoms with Gasteiger partial charge in [-0.15, -0.1) is 11.3 Å². The molecular weight excluding hydrogens is 302 g/mol. The molecule has 0 unspecified atom stereocenters. The van der Waals surface area contributed by atoms with Gasteiger partial charge in [-0.25, -0.2) is 13.6 Å². The molecule has 0 saturated heterocycles. The Balaban J connectivity index is 2.38. The minimum atomic E-state index is -3.71. The molecule has 8 heteroatoms. The van der Waals surface area contributed by atoms with Crippen LogP contribution in [0.3, 0.4) is 0 Å². The first-order valence-corrected chi connectivity index (χ1v) is 8.35. The zero-order valence-corrected chi connectivity index (χ0v) is 13.3. The van der Waals surface area contributed by atoms with Gasteiger partial charge in [0.05, 0.1) is 18.6 Å². The van der Waals surface area contributed by atoms with Gasteiger partial charge >= 0.3 is 5.97 Å². The molecule has 1 heterocycles. The molecule has 0 bridgehead atoms. The van der Waals surface area contributed by atoms with Crippen LogP contribution in [-0.4, -0.2) is 33.2 Å². The molecule has 0 atom stereocenters. The predicted molar refractivity (Wildman–Crippen MR) is 76.1 cm³/mol. The van der Waals surface area contributed by atoms with Gasteiger partial charge in [0.25, 0.3) is 0 Å². The normalized spacial score (nSPS) is 12.4. The zero-order chi connectivity index (χ0) is 15.4. The molecule has 0 fully saturated rings. The van der Waals surface area contributed by atoms with Gasteiger partial charge < -0.3 is 9.47 Å². The molecule has 0 saturated carbocycles. The quantitative estimate of drug-likeness (QED) is 0.629. The molecule has 0 aromatic carbocycles. The van der Waals surface area contributed by atoms with E-state index < -0.39 is 16.0 Å². The maximum atomic E-state index is 11.5. The van der Waals surface area contributed by atoms with E-state index in [0.29, 0.717) is 11.5 Å². The van der Waals surface area contributed by atoms with E-state index in [9.17, 15) is 13.2 Å². The molecule has 20 heavy (non-hydrogen) atoms. The van der Waals surface area contributed by atoms with E-state index in [1.807, 2.05) is 20.8 Å². The summed E-state index contributed by atoms with van der Waals surface area (Å²) in [6, 6.07) is 2.93. The average Bonchev–Trinajstić information content (AvgIpc) is 2.71. The summed E-state index contributed by atoms with van der Waals surface area (Å²) < 4.78 is 32.6.